The Morgan fingerprint density at radius 1 is 1.09 bits per heavy atom. The lowest BCUT2D eigenvalue weighted by molar-refractivity contribution is 0.395. The Labute approximate surface area is 130 Å². The van der Waals surface area contributed by atoms with Gasteiger partial charge in [0, 0.05) is 25.4 Å². The van der Waals surface area contributed by atoms with E-state index in [1.54, 1.807) is 26.5 Å². The molecule has 0 aliphatic carbocycles. The summed E-state index contributed by atoms with van der Waals surface area (Å²) in [5, 5.41) is 0. The Morgan fingerprint density at radius 2 is 1.91 bits per heavy atom. The van der Waals surface area contributed by atoms with E-state index in [9.17, 15) is 0 Å². The zero-order valence-corrected chi connectivity index (χ0v) is 13.0. The smallest absolute Gasteiger partial charge is 0.228 e. The van der Waals surface area contributed by atoms with Crippen LogP contribution >= 0.6 is 0 Å². The Bertz CT molecular complexity index is 569. The molecule has 0 unspecified atom stereocenters. The van der Waals surface area contributed by atoms with Gasteiger partial charge in [0.05, 0.1) is 14.2 Å². The number of nitrogens with zero attached hydrogens (tertiary/aromatic N) is 3. The molecular weight excluding hydrogens is 278 g/mol. The zero-order valence-electron chi connectivity index (χ0n) is 13.0. The van der Waals surface area contributed by atoms with Crippen LogP contribution < -0.4 is 14.4 Å². The van der Waals surface area contributed by atoms with Gasteiger partial charge in [0.2, 0.25) is 11.8 Å². The van der Waals surface area contributed by atoms with Crippen LogP contribution in [0.3, 0.4) is 0 Å². The summed E-state index contributed by atoms with van der Waals surface area (Å²) in [4.78, 5) is 11.0. The van der Waals surface area contributed by atoms with E-state index >= 15 is 0 Å². The number of methoxy groups -OCH3 is 2. The highest BCUT2D eigenvalue weighted by Crippen LogP contribution is 2.31. The first-order chi connectivity index (χ1) is 10.8. The Morgan fingerprint density at radius 3 is 2.64 bits per heavy atom. The molecule has 2 aromatic rings. The van der Waals surface area contributed by atoms with Crippen molar-refractivity contribution >= 4 is 5.95 Å². The molecule has 0 saturated carbocycles. The lowest BCUT2D eigenvalue weighted by atomic mass is 9.89. The van der Waals surface area contributed by atoms with Crippen LogP contribution in [0.15, 0.2) is 36.5 Å². The molecule has 3 rings (SSSR count). The summed E-state index contributed by atoms with van der Waals surface area (Å²) < 4.78 is 10.5. The standard InChI is InChI=1S/C17H21N3O2/c1-21-15-5-3-4-14(12-15)13-7-10-20(11-8-13)17-18-9-6-16(19-17)22-2/h3-6,9,12-13H,7-8,10-11H2,1-2H3. The van der Waals surface area contributed by atoms with E-state index in [0.717, 1.165) is 37.6 Å². The maximum Gasteiger partial charge on any atom is 0.228 e. The van der Waals surface area contributed by atoms with Crippen LogP contribution in [0.4, 0.5) is 5.95 Å². The molecule has 0 radical (unpaired) electrons. The summed E-state index contributed by atoms with van der Waals surface area (Å²) in [6, 6.07) is 10.1. The van der Waals surface area contributed by atoms with Crippen molar-refractivity contribution in [2.45, 2.75) is 18.8 Å². The second kappa shape index (κ2) is 6.64. The maximum atomic E-state index is 5.32. The van der Waals surface area contributed by atoms with Gasteiger partial charge < -0.3 is 14.4 Å². The minimum Gasteiger partial charge on any atom is -0.497 e. The van der Waals surface area contributed by atoms with Crippen molar-refractivity contribution in [2.75, 3.05) is 32.2 Å². The molecule has 1 aliphatic heterocycles. The molecular formula is C17H21N3O2. The molecule has 1 saturated heterocycles. The second-order valence-corrected chi connectivity index (χ2v) is 5.44. The van der Waals surface area contributed by atoms with Gasteiger partial charge >= 0.3 is 0 Å². The topological polar surface area (TPSA) is 47.5 Å². The molecule has 5 nitrogen and oxygen atoms in total. The molecule has 0 N–H and O–H groups in total. The first kappa shape index (κ1) is 14.6. The van der Waals surface area contributed by atoms with Gasteiger partial charge in [-0.15, -0.1) is 0 Å². The van der Waals surface area contributed by atoms with Gasteiger partial charge in [-0.1, -0.05) is 12.1 Å². The fraction of sp³-hybridized carbons (Fsp3) is 0.412. The van der Waals surface area contributed by atoms with Crippen LogP contribution in [0.25, 0.3) is 0 Å². The van der Waals surface area contributed by atoms with Crippen LogP contribution in [0.2, 0.25) is 0 Å². The average molecular weight is 299 g/mol. The molecule has 1 aliphatic rings. The van der Waals surface area contributed by atoms with Crippen LogP contribution in [-0.4, -0.2) is 37.3 Å². The van der Waals surface area contributed by atoms with Gasteiger partial charge in [-0.3, -0.25) is 0 Å². The predicted octanol–water partition coefficient (Wildman–Crippen LogP) is 2.88. The highest BCUT2D eigenvalue weighted by Gasteiger charge is 2.22. The van der Waals surface area contributed by atoms with Crippen molar-refractivity contribution in [2.24, 2.45) is 0 Å². The molecule has 1 aromatic heterocycles. The van der Waals surface area contributed by atoms with Crippen LogP contribution in [-0.2, 0) is 0 Å². The Kier molecular flexibility index (Phi) is 4.42. The molecule has 0 atom stereocenters. The number of anilines is 1. The highest BCUT2D eigenvalue weighted by molar-refractivity contribution is 5.35. The SMILES string of the molecule is COc1cccc(C2CCN(c3nccc(OC)n3)CC2)c1. The number of benzene rings is 1. The van der Waals surface area contributed by atoms with Gasteiger partial charge in [-0.2, -0.15) is 4.98 Å². The largest absolute Gasteiger partial charge is 0.497 e. The van der Waals surface area contributed by atoms with Crippen molar-refractivity contribution in [3.63, 3.8) is 0 Å². The fourth-order valence-corrected chi connectivity index (χ4v) is 2.91. The van der Waals surface area contributed by atoms with E-state index in [2.05, 4.69) is 33.1 Å². The third-order valence-corrected chi connectivity index (χ3v) is 4.17. The maximum absolute atomic E-state index is 5.32. The summed E-state index contributed by atoms with van der Waals surface area (Å²) in [6.07, 6.45) is 3.93. The van der Waals surface area contributed by atoms with Crippen molar-refractivity contribution < 1.29 is 9.47 Å². The minimum absolute atomic E-state index is 0.567. The first-order valence-corrected chi connectivity index (χ1v) is 7.56. The molecule has 0 bridgehead atoms. The minimum atomic E-state index is 0.567. The van der Waals surface area contributed by atoms with Gasteiger partial charge in [0.25, 0.3) is 0 Å². The van der Waals surface area contributed by atoms with Crippen LogP contribution in [0.1, 0.15) is 24.3 Å². The van der Waals surface area contributed by atoms with Gasteiger partial charge in [0.1, 0.15) is 5.75 Å². The number of rotatable bonds is 4. The van der Waals surface area contributed by atoms with E-state index in [1.165, 1.54) is 5.56 Å². The Balaban J connectivity index is 1.66. The van der Waals surface area contributed by atoms with Crippen molar-refractivity contribution in [3.05, 3.63) is 42.1 Å². The predicted molar refractivity (Wildman–Crippen MR) is 85.8 cm³/mol. The third kappa shape index (κ3) is 3.13. The summed E-state index contributed by atoms with van der Waals surface area (Å²) >= 11 is 0. The quantitative estimate of drug-likeness (QED) is 0.869. The van der Waals surface area contributed by atoms with E-state index < -0.39 is 0 Å². The van der Waals surface area contributed by atoms with Crippen molar-refractivity contribution in [3.8, 4) is 11.6 Å². The van der Waals surface area contributed by atoms with Gasteiger partial charge in [0.15, 0.2) is 0 Å². The molecule has 116 valence electrons. The zero-order chi connectivity index (χ0) is 15.4. The molecule has 2 heterocycles. The lowest BCUT2D eigenvalue weighted by Gasteiger charge is -2.32. The number of hydrogen-bond donors (Lipinski definition) is 0. The van der Waals surface area contributed by atoms with Crippen molar-refractivity contribution in [1.29, 1.82) is 0 Å². The van der Waals surface area contributed by atoms with E-state index in [0.29, 0.717) is 11.8 Å². The number of ether oxygens (including phenoxy) is 2. The van der Waals surface area contributed by atoms with E-state index in [4.69, 9.17) is 9.47 Å². The Hall–Kier alpha value is -2.30. The average Bonchev–Trinajstić information content (AvgIpc) is 2.62. The fourth-order valence-electron chi connectivity index (χ4n) is 2.91. The molecule has 22 heavy (non-hydrogen) atoms. The molecule has 1 fully saturated rings. The van der Waals surface area contributed by atoms with Crippen LogP contribution in [0, 0.1) is 0 Å². The lowest BCUT2D eigenvalue weighted by Crippen LogP contribution is -2.34. The summed E-state index contributed by atoms with van der Waals surface area (Å²) in [6.45, 7) is 1.91. The molecule has 1 aromatic carbocycles. The van der Waals surface area contributed by atoms with Crippen molar-refractivity contribution in [1.82, 2.24) is 9.97 Å². The van der Waals surface area contributed by atoms with Gasteiger partial charge in [-0.25, -0.2) is 4.98 Å². The van der Waals surface area contributed by atoms with Gasteiger partial charge in [-0.05, 0) is 36.5 Å². The summed E-state index contributed by atoms with van der Waals surface area (Å²) in [5.41, 5.74) is 1.35. The first-order valence-electron chi connectivity index (χ1n) is 7.56. The molecule has 0 amide bonds. The molecule has 0 spiro atoms. The second-order valence-electron chi connectivity index (χ2n) is 5.44. The molecule has 5 heteroatoms. The number of hydrogen-bond acceptors (Lipinski definition) is 5. The monoisotopic (exact) mass is 299 g/mol. The normalized spacial score (nSPS) is 15.6. The van der Waals surface area contributed by atoms with Crippen LogP contribution in [0.5, 0.6) is 11.6 Å². The number of piperidine rings is 1. The summed E-state index contributed by atoms with van der Waals surface area (Å²) in [7, 11) is 3.34. The highest BCUT2D eigenvalue weighted by atomic mass is 16.5. The third-order valence-electron chi connectivity index (χ3n) is 4.17. The van der Waals surface area contributed by atoms with E-state index in [-0.39, 0.29) is 0 Å². The van der Waals surface area contributed by atoms with E-state index in [1.807, 2.05) is 6.07 Å². The number of aromatic nitrogens is 2. The summed E-state index contributed by atoms with van der Waals surface area (Å²) in [5.74, 6) is 2.86.